The van der Waals surface area contributed by atoms with Crippen LogP contribution >= 0.6 is 0 Å². The molecule has 0 aliphatic heterocycles. The fourth-order valence-corrected chi connectivity index (χ4v) is 1.84. The summed E-state index contributed by atoms with van der Waals surface area (Å²) in [5.74, 6) is 1.00. The van der Waals surface area contributed by atoms with E-state index in [0.717, 1.165) is 19.3 Å². The largest absolute Gasteiger partial charge is 0.383 e. The van der Waals surface area contributed by atoms with Crippen molar-refractivity contribution < 1.29 is 14.0 Å². The SMILES string of the molecule is COCC(N)c1nc(C2(OC)CCC2)no1. The van der Waals surface area contributed by atoms with Crippen LogP contribution in [-0.4, -0.2) is 31.0 Å². The Morgan fingerprint density at radius 2 is 2.25 bits per heavy atom. The van der Waals surface area contributed by atoms with Crippen molar-refractivity contribution in [1.82, 2.24) is 10.1 Å². The first-order valence-electron chi connectivity index (χ1n) is 5.35. The molecule has 90 valence electrons. The van der Waals surface area contributed by atoms with Gasteiger partial charge in [-0.05, 0) is 19.3 Å². The van der Waals surface area contributed by atoms with Gasteiger partial charge in [-0.2, -0.15) is 4.98 Å². The van der Waals surface area contributed by atoms with E-state index in [-0.39, 0.29) is 11.6 Å². The van der Waals surface area contributed by atoms with Gasteiger partial charge < -0.3 is 19.7 Å². The maximum atomic E-state index is 5.80. The van der Waals surface area contributed by atoms with Crippen molar-refractivity contribution in [2.24, 2.45) is 5.73 Å². The molecule has 1 fully saturated rings. The summed E-state index contributed by atoms with van der Waals surface area (Å²) in [5, 5.41) is 3.94. The van der Waals surface area contributed by atoms with Crippen LogP contribution in [0.3, 0.4) is 0 Å². The second kappa shape index (κ2) is 4.48. The van der Waals surface area contributed by atoms with E-state index in [0.29, 0.717) is 18.3 Å². The number of nitrogens with zero attached hydrogens (tertiary/aromatic N) is 2. The Bertz CT molecular complexity index is 343. The Hall–Kier alpha value is -0.980. The van der Waals surface area contributed by atoms with E-state index in [4.69, 9.17) is 19.7 Å². The molecular formula is C10H17N3O3. The summed E-state index contributed by atoms with van der Waals surface area (Å²) in [6.07, 6.45) is 2.99. The number of hydrogen-bond acceptors (Lipinski definition) is 6. The quantitative estimate of drug-likeness (QED) is 0.798. The molecule has 6 nitrogen and oxygen atoms in total. The van der Waals surface area contributed by atoms with Gasteiger partial charge in [-0.1, -0.05) is 5.16 Å². The molecule has 2 rings (SSSR count). The van der Waals surface area contributed by atoms with Crippen molar-refractivity contribution >= 4 is 0 Å². The molecule has 1 aromatic rings. The first kappa shape index (κ1) is 11.5. The molecule has 0 amide bonds. The standard InChI is InChI=1S/C10H17N3O3/c1-14-6-7(11)8-12-9(13-16-8)10(15-2)4-3-5-10/h7H,3-6,11H2,1-2H3. The molecule has 1 aromatic heterocycles. The van der Waals surface area contributed by atoms with Gasteiger partial charge in [-0.3, -0.25) is 0 Å². The van der Waals surface area contributed by atoms with Crippen molar-refractivity contribution in [3.8, 4) is 0 Å². The maximum absolute atomic E-state index is 5.80. The third-order valence-electron chi connectivity index (χ3n) is 3.06. The Morgan fingerprint density at radius 1 is 1.50 bits per heavy atom. The fraction of sp³-hybridized carbons (Fsp3) is 0.800. The molecule has 0 saturated heterocycles. The summed E-state index contributed by atoms with van der Waals surface area (Å²) in [6.45, 7) is 0.363. The molecule has 1 aliphatic carbocycles. The zero-order valence-electron chi connectivity index (χ0n) is 9.60. The first-order chi connectivity index (χ1) is 7.72. The third kappa shape index (κ3) is 1.83. The molecule has 1 saturated carbocycles. The van der Waals surface area contributed by atoms with Gasteiger partial charge >= 0.3 is 0 Å². The molecule has 1 unspecified atom stereocenters. The molecule has 1 heterocycles. The third-order valence-corrected chi connectivity index (χ3v) is 3.06. The van der Waals surface area contributed by atoms with Crippen LogP contribution in [0, 0.1) is 0 Å². The van der Waals surface area contributed by atoms with Gasteiger partial charge in [0.1, 0.15) is 11.6 Å². The lowest BCUT2D eigenvalue weighted by atomic mass is 9.79. The molecule has 6 heteroatoms. The summed E-state index contributed by atoms with van der Waals surface area (Å²) in [6, 6.07) is -0.375. The van der Waals surface area contributed by atoms with Gasteiger partial charge in [0, 0.05) is 14.2 Å². The summed E-state index contributed by atoms with van der Waals surface area (Å²) in [7, 11) is 3.25. The lowest BCUT2D eigenvalue weighted by Crippen LogP contribution is -2.37. The topological polar surface area (TPSA) is 83.4 Å². The predicted octanol–water partition coefficient (Wildman–Crippen LogP) is 0.741. The number of hydrogen-bond donors (Lipinski definition) is 1. The molecule has 1 aliphatic rings. The van der Waals surface area contributed by atoms with Crippen LogP contribution < -0.4 is 5.73 Å². The molecule has 0 spiro atoms. The van der Waals surface area contributed by atoms with Crippen LogP contribution in [0.5, 0.6) is 0 Å². The molecule has 16 heavy (non-hydrogen) atoms. The zero-order chi connectivity index (χ0) is 11.6. The van der Waals surface area contributed by atoms with E-state index in [1.54, 1.807) is 14.2 Å². The molecule has 0 bridgehead atoms. The van der Waals surface area contributed by atoms with Crippen molar-refractivity contribution in [2.75, 3.05) is 20.8 Å². The Kier molecular flexibility index (Phi) is 3.22. The Morgan fingerprint density at radius 3 is 2.75 bits per heavy atom. The minimum Gasteiger partial charge on any atom is -0.383 e. The monoisotopic (exact) mass is 227 g/mol. The van der Waals surface area contributed by atoms with Crippen LogP contribution in [0.4, 0.5) is 0 Å². The van der Waals surface area contributed by atoms with Gasteiger partial charge in [-0.25, -0.2) is 0 Å². The molecule has 0 radical (unpaired) electrons. The van der Waals surface area contributed by atoms with Crippen molar-refractivity contribution in [1.29, 1.82) is 0 Å². The Balaban J connectivity index is 2.12. The second-order valence-electron chi connectivity index (χ2n) is 4.07. The van der Waals surface area contributed by atoms with Crippen molar-refractivity contribution in [3.05, 3.63) is 11.7 Å². The number of ether oxygens (including phenoxy) is 2. The highest BCUT2D eigenvalue weighted by Gasteiger charge is 2.43. The van der Waals surface area contributed by atoms with E-state index < -0.39 is 0 Å². The van der Waals surface area contributed by atoms with Gasteiger partial charge in [0.05, 0.1) is 6.61 Å². The summed E-state index contributed by atoms with van der Waals surface area (Å²) in [5.41, 5.74) is 5.45. The number of rotatable bonds is 5. The highest BCUT2D eigenvalue weighted by molar-refractivity contribution is 5.07. The van der Waals surface area contributed by atoms with E-state index in [1.807, 2.05) is 0 Å². The van der Waals surface area contributed by atoms with Crippen molar-refractivity contribution in [3.63, 3.8) is 0 Å². The van der Waals surface area contributed by atoms with Crippen LogP contribution in [0.1, 0.15) is 37.0 Å². The average molecular weight is 227 g/mol. The van der Waals surface area contributed by atoms with Gasteiger partial charge in [-0.15, -0.1) is 0 Å². The summed E-state index contributed by atoms with van der Waals surface area (Å²) >= 11 is 0. The molecule has 2 N–H and O–H groups in total. The van der Waals surface area contributed by atoms with Gasteiger partial charge in [0.25, 0.3) is 0 Å². The van der Waals surface area contributed by atoms with E-state index in [2.05, 4.69) is 10.1 Å². The summed E-state index contributed by atoms with van der Waals surface area (Å²) in [4.78, 5) is 4.29. The number of aromatic nitrogens is 2. The number of methoxy groups -OCH3 is 2. The highest BCUT2D eigenvalue weighted by atomic mass is 16.5. The lowest BCUT2D eigenvalue weighted by molar-refractivity contribution is -0.0858. The molecule has 0 aromatic carbocycles. The van der Waals surface area contributed by atoms with Crippen LogP contribution in [-0.2, 0) is 15.1 Å². The van der Waals surface area contributed by atoms with Gasteiger partial charge in [0.2, 0.25) is 11.7 Å². The maximum Gasteiger partial charge on any atom is 0.246 e. The molecule has 1 atom stereocenters. The number of nitrogens with two attached hydrogens (primary N) is 1. The van der Waals surface area contributed by atoms with E-state index >= 15 is 0 Å². The normalized spacial score (nSPS) is 20.4. The minimum absolute atomic E-state index is 0.353. The van der Waals surface area contributed by atoms with Crippen LogP contribution in [0.2, 0.25) is 0 Å². The average Bonchev–Trinajstić information content (AvgIpc) is 2.67. The lowest BCUT2D eigenvalue weighted by Gasteiger charge is -2.37. The minimum atomic E-state index is -0.375. The smallest absolute Gasteiger partial charge is 0.246 e. The predicted molar refractivity (Wildman–Crippen MR) is 55.6 cm³/mol. The highest BCUT2D eigenvalue weighted by Crippen LogP contribution is 2.42. The van der Waals surface area contributed by atoms with E-state index in [1.165, 1.54) is 0 Å². The van der Waals surface area contributed by atoms with Gasteiger partial charge in [0.15, 0.2) is 0 Å². The Labute approximate surface area is 94.1 Å². The van der Waals surface area contributed by atoms with Crippen LogP contribution in [0.15, 0.2) is 4.52 Å². The summed E-state index contributed by atoms with van der Waals surface area (Å²) < 4.78 is 15.5. The van der Waals surface area contributed by atoms with Crippen molar-refractivity contribution in [2.45, 2.75) is 30.9 Å². The van der Waals surface area contributed by atoms with Crippen LogP contribution in [0.25, 0.3) is 0 Å². The zero-order valence-corrected chi connectivity index (χ0v) is 9.60. The first-order valence-corrected chi connectivity index (χ1v) is 5.35. The van der Waals surface area contributed by atoms with E-state index in [9.17, 15) is 0 Å². The fourth-order valence-electron chi connectivity index (χ4n) is 1.84. The molecular weight excluding hydrogens is 210 g/mol. The second-order valence-corrected chi connectivity index (χ2v) is 4.07.